The van der Waals surface area contributed by atoms with Gasteiger partial charge in [0.2, 0.25) is 5.91 Å². The Bertz CT molecular complexity index is 876. The van der Waals surface area contributed by atoms with Gasteiger partial charge in [-0.25, -0.2) is 9.78 Å². The minimum Gasteiger partial charge on any atom is -0.465 e. The largest absolute Gasteiger partial charge is 0.465 e. The van der Waals surface area contributed by atoms with Crippen LogP contribution in [0.5, 0.6) is 0 Å². The van der Waals surface area contributed by atoms with E-state index in [-0.39, 0.29) is 12.3 Å². The molecule has 7 heteroatoms. The van der Waals surface area contributed by atoms with Crippen LogP contribution in [0, 0.1) is 0 Å². The number of amides is 1. The monoisotopic (exact) mass is 353 g/mol. The van der Waals surface area contributed by atoms with E-state index in [0.717, 1.165) is 10.6 Å². The smallest absolute Gasteiger partial charge is 0.337 e. The van der Waals surface area contributed by atoms with Crippen molar-refractivity contribution < 1.29 is 14.3 Å². The van der Waals surface area contributed by atoms with Crippen molar-refractivity contribution in [3.05, 3.63) is 65.4 Å². The van der Waals surface area contributed by atoms with Crippen molar-refractivity contribution in [1.82, 2.24) is 9.97 Å². The predicted molar refractivity (Wildman–Crippen MR) is 95.5 cm³/mol. The van der Waals surface area contributed by atoms with Gasteiger partial charge in [-0.05, 0) is 36.4 Å². The van der Waals surface area contributed by atoms with Crippen LogP contribution in [0.15, 0.2) is 54.2 Å². The number of ether oxygens (including phenoxy) is 1. The topological polar surface area (TPSA) is 81.2 Å². The van der Waals surface area contributed by atoms with E-state index in [1.807, 2.05) is 17.5 Å². The van der Waals surface area contributed by atoms with Crippen molar-refractivity contribution in [2.75, 3.05) is 12.4 Å². The van der Waals surface area contributed by atoms with Gasteiger partial charge in [-0.1, -0.05) is 0 Å². The number of rotatable bonds is 5. The van der Waals surface area contributed by atoms with Crippen molar-refractivity contribution in [2.24, 2.45) is 0 Å². The molecule has 1 N–H and O–H groups in total. The van der Waals surface area contributed by atoms with E-state index in [9.17, 15) is 9.59 Å². The molecule has 126 valence electrons. The Morgan fingerprint density at radius 3 is 2.52 bits per heavy atom. The Kier molecular flexibility index (Phi) is 5.15. The third-order valence-electron chi connectivity index (χ3n) is 3.41. The molecule has 1 amide bonds. The summed E-state index contributed by atoms with van der Waals surface area (Å²) in [7, 11) is 1.33. The molecule has 0 aliphatic heterocycles. The maximum absolute atomic E-state index is 12.2. The highest BCUT2D eigenvalue weighted by molar-refractivity contribution is 7.13. The zero-order valence-electron chi connectivity index (χ0n) is 13.4. The summed E-state index contributed by atoms with van der Waals surface area (Å²) >= 11 is 1.49. The van der Waals surface area contributed by atoms with Crippen LogP contribution in [0.4, 0.5) is 5.69 Å². The lowest BCUT2D eigenvalue weighted by Gasteiger charge is -2.05. The molecule has 0 radical (unpaired) electrons. The first kappa shape index (κ1) is 16.8. The molecule has 2 aromatic heterocycles. The first-order valence-corrected chi connectivity index (χ1v) is 8.36. The highest BCUT2D eigenvalue weighted by atomic mass is 32.1. The van der Waals surface area contributed by atoms with E-state index in [1.165, 1.54) is 18.4 Å². The number of thiazole rings is 1. The van der Waals surface area contributed by atoms with Gasteiger partial charge in [-0.2, -0.15) is 0 Å². The first-order chi connectivity index (χ1) is 12.2. The number of benzene rings is 1. The van der Waals surface area contributed by atoms with Crippen LogP contribution >= 0.6 is 11.3 Å². The molecular weight excluding hydrogens is 338 g/mol. The van der Waals surface area contributed by atoms with Crippen molar-refractivity contribution in [2.45, 2.75) is 6.42 Å². The summed E-state index contributed by atoms with van der Waals surface area (Å²) in [5, 5.41) is 5.51. The van der Waals surface area contributed by atoms with E-state index in [1.54, 1.807) is 36.7 Å². The van der Waals surface area contributed by atoms with Gasteiger partial charge in [0.15, 0.2) is 0 Å². The van der Waals surface area contributed by atoms with E-state index in [0.29, 0.717) is 16.9 Å². The molecule has 2 heterocycles. The van der Waals surface area contributed by atoms with Crippen LogP contribution in [0.1, 0.15) is 16.1 Å². The lowest BCUT2D eigenvalue weighted by atomic mass is 10.2. The minimum atomic E-state index is -0.413. The average Bonchev–Trinajstić information content (AvgIpc) is 3.10. The second-order valence-electron chi connectivity index (χ2n) is 5.17. The lowest BCUT2D eigenvalue weighted by molar-refractivity contribution is -0.115. The van der Waals surface area contributed by atoms with Crippen LogP contribution in [0.2, 0.25) is 0 Å². The highest BCUT2D eigenvalue weighted by Crippen LogP contribution is 2.23. The lowest BCUT2D eigenvalue weighted by Crippen LogP contribution is -2.14. The maximum Gasteiger partial charge on any atom is 0.337 e. The first-order valence-electron chi connectivity index (χ1n) is 7.49. The fourth-order valence-corrected chi connectivity index (χ4v) is 3.02. The number of nitrogens with one attached hydrogen (secondary N) is 1. The zero-order valence-corrected chi connectivity index (χ0v) is 14.2. The van der Waals surface area contributed by atoms with Gasteiger partial charge in [0.05, 0.1) is 24.8 Å². The summed E-state index contributed by atoms with van der Waals surface area (Å²) in [5.74, 6) is -0.582. The molecule has 3 aromatic rings. The summed E-state index contributed by atoms with van der Waals surface area (Å²) in [4.78, 5) is 32.0. The van der Waals surface area contributed by atoms with Gasteiger partial charge in [-0.15, -0.1) is 11.3 Å². The van der Waals surface area contributed by atoms with Crippen molar-refractivity contribution in [1.29, 1.82) is 0 Å². The van der Waals surface area contributed by atoms with Crippen LogP contribution in [-0.2, 0) is 16.0 Å². The van der Waals surface area contributed by atoms with Crippen molar-refractivity contribution in [3.8, 4) is 10.6 Å². The summed E-state index contributed by atoms with van der Waals surface area (Å²) in [5.41, 5.74) is 2.73. The van der Waals surface area contributed by atoms with Gasteiger partial charge < -0.3 is 10.1 Å². The summed E-state index contributed by atoms with van der Waals surface area (Å²) < 4.78 is 4.64. The molecule has 1 aromatic carbocycles. The summed E-state index contributed by atoms with van der Waals surface area (Å²) in [6.07, 6.45) is 3.60. The maximum atomic E-state index is 12.2. The fraction of sp³-hybridized carbons (Fsp3) is 0.111. The Morgan fingerprint density at radius 1 is 1.12 bits per heavy atom. The molecule has 0 atom stereocenters. The second kappa shape index (κ2) is 7.67. The number of aromatic nitrogens is 2. The summed E-state index contributed by atoms with van der Waals surface area (Å²) in [6, 6.07) is 10.3. The standard InChI is InChI=1S/C18H15N3O3S/c1-24-18(23)13-2-4-14(5-3-13)20-16(22)10-15-11-25-17(21-15)12-6-8-19-9-7-12/h2-9,11H,10H2,1H3,(H,20,22). The number of pyridine rings is 1. The van der Waals surface area contributed by atoms with Gasteiger partial charge in [-0.3, -0.25) is 9.78 Å². The number of anilines is 1. The number of hydrogen-bond donors (Lipinski definition) is 1. The molecule has 0 saturated carbocycles. The Morgan fingerprint density at radius 2 is 1.84 bits per heavy atom. The molecule has 6 nitrogen and oxygen atoms in total. The molecule has 0 saturated heterocycles. The predicted octanol–water partition coefficient (Wildman–Crippen LogP) is 3.17. The third kappa shape index (κ3) is 4.27. The SMILES string of the molecule is COC(=O)c1ccc(NC(=O)Cc2csc(-c3ccncc3)n2)cc1. The number of hydrogen-bond acceptors (Lipinski definition) is 6. The van der Waals surface area contributed by atoms with E-state index in [2.05, 4.69) is 20.0 Å². The van der Waals surface area contributed by atoms with Crippen LogP contribution in [-0.4, -0.2) is 29.0 Å². The Labute approximate surface area is 148 Å². The fourth-order valence-electron chi connectivity index (χ4n) is 2.19. The van der Waals surface area contributed by atoms with Gasteiger partial charge >= 0.3 is 5.97 Å². The minimum absolute atomic E-state index is 0.169. The molecular formula is C18H15N3O3S. The molecule has 0 bridgehead atoms. The normalized spacial score (nSPS) is 10.3. The molecule has 0 unspecified atom stereocenters. The summed E-state index contributed by atoms with van der Waals surface area (Å²) in [6.45, 7) is 0. The van der Waals surface area contributed by atoms with Crippen LogP contribution in [0.3, 0.4) is 0 Å². The van der Waals surface area contributed by atoms with Crippen molar-refractivity contribution in [3.63, 3.8) is 0 Å². The van der Waals surface area contributed by atoms with Crippen molar-refractivity contribution >= 4 is 28.9 Å². The van der Waals surface area contributed by atoms with Gasteiger partial charge in [0, 0.05) is 29.0 Å². The highest BCUT2D eigenvalue weighted by Gasteiger charge is 2.10. The third-order valence-corrected chi connectivity index (χ3v) is 4.35. The number of carbonyl (C=O) groups is 2. The number of nitrogens with zero attached hydrogens (tertiary/aromatic N) is 2. The zero-order chi connectivity index (χ0) is 17.6. The molecule has 0 spiro atoms. The average molecular weight is 353 g/mol. The number of esters is 1. The van der Waals surface area contributed by atoms with Gasteiger partial charge in [0.1, 0.15) is 5.01 Å². The molecule has 0 fully saturated rings. The van der Waals surface area contributed by atoms with Gasteiger partial charge in [0.25, 0.3) is 0 Å². The molecule has 0 aliphatic carbocycles. The quantitative estimate of drug-likeness (QED) is 0.713. The van der Waals surface area contributed by atoms with Crippen LogP contribution in [0.25, 0.3) is 10.6 Å². The number of carbonyl (C=O) groups excluding carboxylic acids is 2. The molecule has 25 heavy (non-hydrogen) atoms. The number of methoxy groups -OCH3 is 1. The van der Waals surface area contributed by atoms with E-state index >= 15 is 0 Å². The second-order valence-corrected chi connectivity index (χ2v) is 6.03. The molecule has 0 aliphatic rings. The Hall–Kier alpha value is -3.06. The van der Waals surface area contributed by atoms with Crippen LogP contribution < -0.4 is 5.32 Å². The molecule has 3 rings (SSSR count). The Balaban J connectivity index is 1.61. The van der Waals surface area contributed by atoms with E-state index in [4.69, 9.17) is 0 Å². The van der Waals surface area contributed by atoms with E-state index < -0.39 is 5.97 Å².